The monoisotopic (exact) mass is 284 g/mol. The summed E-state index contributed by atoms with van der Waals surface area (Å²) in [6.45, 7) is 0. The van der Waals surface area contributed by atoms with Crippen LogP contribution in [-0.2, 0) is 4.79 Å². The molecule has 2 aliphatic heterocycles. The third kappa shape index (κ3) is 1.66. The van der Waals surface area contributed by atoms with Gasteiger partial charge in [0.1, 0.15) is 4.61 Å². The second-order valence-corrected chi connectivity index (χ2v) is 3.63. The molecule has 0 spiro atoms. The van der Waals surface area contributed by atoms with E-state index in [0.717, 1.165) is 5.01 Å². The maximum absolute atomic E-state index is 12.3. The number of alkyl halides is 3. The van der Waals surface area contributed by atoms with Crippen LogP contribution in [0.15, 0.2) is 15.9 Å². The largest absolute Gasteiger partial charge is 0.451 e. The van der Waals surface area contributed by atoms with Crippen molar-refractivity contribution < 1.29 is 18.0 Å². The number of hydrogen-bond donors (Lipinski definition) is 2. The number of carbonyl (C=O) groups excluding carboxylic acids is 1. The van der Waals surface area contributed by atoms with Crippen LogP contribution in [0.1, 0.15) is 0 Å². The van der Waals surface area contributed by atoms with E-state index in [-0.39, 0.29) is 4.61 Å². The molecule has 0 aromatic rings. The molecule has 1 unspecified atom stereocenters. The van der Waals surface area contributed by atoms with E-state index in [0.29, 0.717) is 0 Å². The van der Waals surface area contributed by atoms with E-state index in [4.69, 9.17) is 0 Å². The maximum atomic E-state index is 12.3. The van der Waals surface area contributed by atoms with Gasteiger partial charge < -0.3 is 10.6 Å². The van der Waals surface area contributed by atoms with Gasteiger partial charge in [-0.15, -0.1) is 5.10 Å². The minimum Gasteiger partial charge on any atom is -0.360 e. The normalized spacial score (nSPS) is 25.2. The van der Waals surface area contributed by atoms with Crippen LogP contribution in [0.3, 0.4) is 0 Å². The zero-order valence-corrected chi connectivity index (χ0v) is 8.56. The van der Waals surface area contributed by atoms with Gasteiger partial charge in [0.25, 0.3) is 5.91 Å². The van der Waals surface area contributed by atoms with Gasteiger partial charge in [-0.25, -0.2) is 5.01 Å². The van der Waals surface area contributed by atoms with E-state index in [1.165, 1.54) is 6.20 Å². The summed E-state index contributed by atoms with van der Waals surface area (Å²) >= 11 is 2.97. The quantitative estimate of drug-likeness (QED) is 0.634. The summed E-state index contributed by atoms with van der Waals surface area (Å²) in [6, 6.07) is 0. The highest BCUT2D eigenvalue weighted by atomic mass is 79.9. The molecular formula is C6H4BrF3N4O. The van der Waals surface area contributed by atoms with Crippen molar-refractivity contribution in [2.24, 2.45) is 5.10 Å². The van der Waals surface area contributed by atoms with E-state index >= 15 is 0 Å². The zero-order valence-electron chi connectivity index (χ0n) is 6.97. The van der Waals surface area contributed by atoms with Gasteiger partial charge in [0.2, 0.25) is 12.0 Å². The van der Waals surface area contributed by atoms with Gasteiger partial charge >= 0.3 is 6.18 Å². The van der Waals surface area contributed by atoms with E-state index in [2.05, 4.69) is 26.3 Å². The predicted octanol–water partition coefficient (Wildman–Crippen LogP) is 0.417. The maximum Gasteiger partial charge on any atom is 0.451 e. The molecule has 9 heteroatoms. The molecule has 0 radical (unpaired) electrons. The summed E-state index contributed by atoms with van der Waals surface area (Å²) in [5.41, 5.74) is 0. The summed E-state index contributed by atoms with van der Waals surface area (Å²) in [6.07, 6.45) is -4.24. The fraction of sp³-hybridized carbons (Fsp3) is 0.333. The highest BCUT2D eigenvalue weighted by Crippen LogP contribution is 2.26. The number of carbonyl (C=O) groups is 1. The smallest absolute Gasteiger partial charge is 0.360 e. The van der Waals surface area contributed by atoms with Gasteiger partial charge in [-0.1, -0.05) is 0 Å². The average molecular weight is 285 g/mol. The molecule has 0 bridgehead atoms. The number of fused-ring (bicyclic) bond motifs is 1. The Hall–Kier alpha value is -1.25. The third-order valence-corrected chi connectivity index (χ3v) is 2.38. The summed E-state index contributed by atoms with van der Waals surface area (Å²) in [4.78, 5) is 11.2. The number of hydrogen-bond acceptors (Lipinski definition) is 4. The molecule has 2 N–H and O–H groups in total. The highest BCUT2D eigenvalue weighted by Gasteiger charge is 2.45. The van der Waals surface area contributed by atoms with Crippen LogP contribution < -0.4 is 10.6 Å². The Morgan fingerprint density at radius 2 is 2.20 bits per heavy atom. The number of hydrazone groups is 1. The first-order valence-electron chi connectivity index (χ1n) is 3.77. The zero-order chi connectivity index (χ0) is 11.2. The molecule has 1 amide bonds. The lowest BCUT2D eigenvalue weighted by atomic mass is 10.4. The van der Waals surface area contributed by atoms with Crippen LogP contribution in [0.5, 0.6) is 0 Å². The van der Waals surface area contributed by atoms with Crippen LogP contribution >= 0.6 is 15.9 Å². The second-order valence-electron chi connectivity index (χ2n) is 2.82. The third-order valence-electron chi connectivity index (χ3n) is 1.79. The lowest BCUT2D eigenvalue weighted by Gasteiger charge is -2.28. The first-order chi connectivity index (χ1) is 6.89. The molecule has 0 aromatic carbocycles. The van der Waals surface area contributed by atoms with Crippen molar-refractivity contribution in [3.05, 3.63) is 10.8 Å². The molecular weight excluding hydrogens is 281 g/mol. The van der Waals surface area contributed by atoms with Gasteiger partial charge in [0.05, 0.1) is 0 Å². The Labute approximate surface area is 90.1 Å². The Morgan fingerprint density at radius 3 is 2.80 bits per heavy atom. The van der Waals surface area contributed by atoms with E-state index in [1.807, 2.05) is 0 Å². The van der Waals surface area contributed by atoms with Gasteiger partial charge in [0, 0.05) is 6.20 Å². The molecule has 15 heavy (non-hydrogen) atoms. The first-order valence-corrected chi connectivity index (χ1v) is 4.56. The lowest BCUT2D eigenvalue weighted by Crippen LogP contribution is -2.57. The minimum absolute atomic E-state index is 0.268. The van der Waals surface area contributed by atoms with Crippen LogP contribution in [0.25, 0.3) is 0 Å². The standard InChI is InChI=1S/C6H4BrF3N4O/c7-2-1-11-3-4(15)12-5(6(8,9)10)13-14(2)3/h1,3,11H,(H,12,13,15). The summed E-state index contributed by atoms with van der Waals surface area (Å²) < 4.78 is 37.1. The fourth-order valence-corrected chi connectivity index (χ4v) is 1.56. The van der Waals surface area contributed by atoms with Crippen LogP contribution in [0.4, 0.5) is 13.2 Å². The number of nitrogens with one attached hydrogen (secondary N) is 2. The van der Waals surface area contributed by atoms with E-state index < -0.39 is 24.1 Å². The molecule has 2 rings (SSSR count). The number of nitrogens with zero attached hydrogens (tertiary/aromatic N) is 2. The molecule has 0 aromatic heterocycles. The molecule has 0 saturated carbocycles. The van der Waals surface area contributed by atoms with Crippen LogP contribution in [-0.4, -0.2) is 29.1 Å². The molecule has 5 nitrogen and oxygen atoms in total. The summed E-state index contributed by atoms with van der Waals surface area (Å²) in [5.74, 6) is -2.12. The van der Waals surface area contributed by atoms with Gasteiger partial charge in [-0.05, 0) is 15.9 Å². The molecule has 1 atom stereocenters. The van der Waals surface area contributed by atoms with Crippen molar-refractivity contribution in [2.75, 3.05) is 0 Å². The molecule has 0 fully saturated rings. The van der Waals surface area contributed by atoms with Gasteiger partial charge in [-0.3, -0.25) is 4.79 Å². The van der Waals surface area contributed by atoms with Crippen molar-refractivity contribution in [1.82, 2.24) is 15.6 Å². The number of rotatable bonds is 0. The Balaban J connectivity index is 2.34. The number of halogens is 4. The fourth-order valence-electron chi connectivity index (χ4n) is 1.15. The first kappa shape index (κ1) is 10.3. The molecule has 82 valence electrons. The van der Waals surface area contributed by atoms with Crippen LogP contribution in [0, 0.1) is 0 Å². The van der Waals surface area contributed by atoms with Gasteiger partial charge in [0.15, 0.2) is 0 Å². The van der Waals surface area contributed by atoms with E-state index in [1.54, 1.807) is 5.32 Å². The minimum atomic E-state index is -4.67. The number of amides is 1. The molecule has 0 aliphatic carbocycles. The van der Waals surface area contributed by atoms with Crippen molar-refractivity contribution in [2.45, 2.75) is 12.3 Å². The summed E-state index contributed by atoms with van der Waals surface area (Å²) in [5, 5.41) is 8.42. The molecule has 2 aliphatic rings. The average Bonchev–Trinajstić information content (AvgIpc) is 2.47. The lowest BCUT2D eigenvalue weighted by molar-refractivity contribution is -0.127. The van der Waals surface area contributed by atoms with E-state index in [9.17, 15) is 18.0 Å². The van der Waals surface area contributed by atoms with Crippen molar-refractivity contribution in [3.63, 3.8) is 0 Å². The predicted molar refractivity (Wildman–Crippen MR) is 47.4 cm³/mol. The van der Waals surface area contributed by atoms with Gasteiger partial charge in [-0.2, -0.15) is 13.2 Å². The Morgan fingerprint density at radius 1 is 1.53 bits per heavy atom. The van der Waals surface area contributed by atoms with Crippen molar-refractivity contribution in [1.29, 1.82) is 0 Å². The van der Waals surface area contributed by atoms with Crippen LogP contribution in [0.2, 0.25) is 0 Å². The molecule has 2 heterocycles. The molecule has 0 saturated heterocycles. The highest BCUT2D eigenvalue weighted by molar-refractivity contribution is 9.11. The summed E-state index contributed by atoms with van der Waals surface area (Å²) in [7, 11) is 0. The number of amidine groups is 1. The Bertz CT molecular complexity index is 377. The van der Waals surface area contributed by atoms with Crippen molar-refractivity contribution in [3.8, 4) is 0 Å². The SMILES string of the molecule is O=C1NC(C(F)(F)F)=NN2C(Br)=CNC12. The van der Waals surface area contributed by atoms with Crippen molar-refractivity contribution >= 4 is 27.7 Å². The Kier molecular flexibility index (Phi) is 2.14. The topological polar surface area (TPSA) is 56.7 Å². The second kappa shape index (κ2) is 3.12.